The molecule has 0 spiro atoms. The highest BCUT2D eigenvalue weighted by Gasteiger charge is 2.42. The summed E-state index contributed by atoms with van der Waals surface area (Å²) in [4.78, 5) is 32.3. The molecule has 0 aromatic carbocycles. The molecule has 70 heavy (non-hydrogen) atoms. The molecular weight excluding hydrogens is 1020 g/mol. The molecule has 4 atom stereocenters. The van der Waals surface area contributed by atoms with Crippen LogP contribution in [-0.4, -0.2) is 148 Å². The van der Waals surface area contributed by atoms with Crippen molar-refractivity contribution in [2.24, 2.45) is 0 Å². The molecule has 0 amide bonds. The Morgan fingerprint density at radius 1 is 0.414 bits per heavy atom. The lowest BCUT2D eigenvalue weighted by atomic mass is 10.2. The molecule has 4 rings (SSSR count). The number of rotatable bonds is 16. The summed E-state index contributed by atoms with van der Waals surface area (Å²) in [6.07, 6.45) is 13.9. The fourth-order valence-corrected chi connectivity index (χ4v) is 10.7. The Kier molecular flexibility index (Phi) is 23.8. The van der Waals surface area contributed by atoms with Crippen molar-refractivity contribution in [2.45, 2.75) is 130 Å². The van der Waals surface area contributed by atoms with E-state index in [0.717, 1.165) is 34.8 Å². The number of hydrogen-bond acceptors (Lipinski definition) is 20. The molecule has 0 aliphatic rings. The highest BCUT2D eigenvalue weighted by Crippen LogP contribution is 2.40. The van der Waals surface area contributed by atoms with Crippen LogP contribution in [-0.2, 0) is 48.2 Å². The average molecular weight is 1090 g/mol. The first-order valence-electron chi connectivity index (χ1n) is 22.0. The van der Waals surface area contributed by atoms with Gasteiger partial charge in [0.25, 0.3) is 0 Å². The first-order valence-corrected chi connectivity index (χ1v) is 36.0. The third-order valence-corrected chi connectivity index (χ3v) is 23.3. The molecule has 0 saturated carbocycles. The minimum absolute atomic E-state index is 0.00650. The predicted octanol–water partition coefficient (Wildman–Crippen LogP) is 5.51. The van der Waals surface area contributed by atoms with E-state index >= 15 is 0 Å². The maximum Gasteiger partial charge on any atom is 0.193 e. The zero-order valence-electron chi connectivity index (χ0n) is 43.9. The number of aromatic nitrogens is 8. The predicted molar refractivity (Wildman–Crippen MR) is 278 cm³/mol. The van der Waals surface area contributed by atoms with Gasteiger partial charge in [0, 0.05) is 74.6 Å². The molecule has 0 bridgehead atoms. The van der Waals surface area contributed by atoms with Gasteiger partial charge in [-0.05, 0) is 86.2 Å². The highest BCUT2D eigenvalue weighted by molar-refractivity contribution is 7.91. The molecule has 4 aromatic heterocycles. The van der Waals surface area contributed by atoms with Crippen LogP contribution in [0.1, 0.15) is 112 Å². The van der Waals surface area contributed by atoms with Crippen LogP contribution in [0.2, 0.25) is 36.3 Å². The van der Waals surface area contributed by atoms with Crippen molar-refractivity contribution >= 4 is 56.0 Å². The van der Waals surface area contributed by atoms with Gasteiger partial charge >= 0.3 is 0 Å². The molecule has 0 radical (unpaired) electrons. The third kappa shape index (κ3) is 25.7. The standard InChI is InChI=1S/2C14H26N2O3SSi.2C8H12N2O3S/c2*1-11-8-15-13(16-9-11)12(10-20(5,17)18)19-21(6,7)14(2,3)4;2*1-6-3-9-8(10-4-6)7(11)5-14(2,12)13/h2*8-9,12H,10H2,1-7H3;2*3-4,7,11H,5H2,1-2H3/t;;2*7-/m..10/s1. The summed E-state index contributed by atoms with van der Waals surface area (Å²) in [5.41, 5.74) is 3.59. The van der Waals surface area contributed by atoms with Crippen molar-refractivity contribution in [3.05, 3.63) is 95.1 Å². The van der Waals surface area contributed by atoms with E-state index in [1.165, 1.54) is 37.3 Å². The van der Waals surface area contributed by atoms with Crippen LogP contribution in [0.25, 0.3) is 0 Å². The highest BCUT2D eigenvalue weighted by atomic mass is 32.2. The third-order valence-electron chi connectivity index (χ3n) is 10.7. The first kappa shape index (κ1) is 64.4. The summed E-state index contributed by atoms with van der Waals surface area (Å²) in [6, 6.07) is 0. The van der Waals surface area contributed by atoms with Gasteiger partial charge in [0.05, 0.1) is 23.0 Å². The van der Waals surface area contributed by atoms with Gasteiger partial charge in [0.15, 0.2) is 39.9 Å². The maximum atomic E-state index is 11.7. The second-order valence-corrected chi connectivity index (χ2v) is 38.9. The summed E-state index contributed by atoms with van der Waals surface area (Å²) in [5, 5.41) is 18.9. The topological polar surface area (TPSA) is 299 Å². The minimum Gasteiger partial charge on any atom is -0.406 e. The molecule has 0 fully saturated rings. The quantitative estimate of drug-likeness (QED) is 0.131. The van der Waals surface area contributed by atoms with E-state index in [-0.39, 0.29) is 44.7 Å². The molecule has 4 aromatic rings. The van der Waals surface area contributed by atoms with E-state index in [4.69, 9.17) is 8.85 Å². The van der Waals surface area contributed by atoms with Crippen LogP contribution in [0.4, 0.5) is 0 Å². The van der Waals surface area contributed by atoms with E-state index in [1.54, 1.807) is 24.8 Å². The smallest absolute Gasteiger partial charge is 0.193 e. The van der Waals surface area contributed by atoms with Crippen LogP contribution in [0, 0.1) is 27.7 Å². The number of sulfone groups is 4. The van der Waals surface area contributed by atoms with Crippen molar-refractivity contribution in [1.29, 1.82) is 0 Å². The molecule has 4 heterocycles. The molecule has 0 aliphatic carbocycles. The molecule has 0 saturated heterocycles. The number of nitrogens with zero attached hydrogens (tertiary/aromatic N) is 8. The van der Waals surface area contributed by atoms with E-state index in [0.29, 0.717) is 11.6 Å². The fraction of sp³-hybridized carbons (Fsp3) is 0.636. The molecule has 2 N–H and O–H groups in total. The molecular formula is C44H76N8O12S4Si2. The Morgan fingerprint density at radius 2 is 0.600 bits per heavy atom. The maximum absolute atomic E-state index is 11.7. The van der Waals surface area contributed by atoms with Crippen LogP contribution in [0.5, 0.6) is 0 Å². The lowest BCUT2D eigenvalue weighted by Crippen LogP contribution is -2.43. The lowest BCUT2D eigenvalue weighted by molar-refractivity contribution is 0.191. The summed E-state index contributed by atoms with van der Waals surface area (Å²) < 4.78 is 103. The summed E-state index contributed by atoms with van der Waals surface area (Å²) in [6.45, 7) is 28.5. The molecule has 396 valence electrons. The Hall–Kier alpha value is -3.61. The van der Waals surface area contributed by atoms with Crippen molar-refractivity contribution in [2.75, 3.05) is 48.0 Å². The zero-order valence-corrected chi connectivity index (χ0v) is 49.2. The van der Waals surface area contributed by atoms with E-state index in [1.807, 2.05) is 27.7 Å². The minimum atomic E-state index is -3.21. The Labute approximate surface area is 419 Å². The van der Waals surface area contributed by atoms with Crippen LogP contribution >= 0.6 is 0 Å². The molecule has 0 aliphatic heterocycles. The number of aliphatic hydroxyl groups excluding tert-OH is 2. The number of aliphatic hydroxyl groups is 2. The van der Waals surface area contributed by atoms with Crippen molar-refractivity contribution in [1.82, 2.24) is 39.9 Å². The van der Waals surface area contributed by atoms with Gasteiger partial charge in [0.2, 0.25) is 0 Å². The van der Waals surface area contributed by atoms with Gasteiger partial charge in [-0.2, -0.15) is 0 Å². The normalized spacial score (nSPS) is 14.6. The SMILES string of the molecule is Cc1cnc(C(CS(C)(=O)=O)O[Si](C)(C)C(C)(C)C)nc1.Cc1cnc(C(CS(C)(=O)=O)O[Si](C)(C)C(C)(C)C)nc1.Cc1cnc([C@@H](O)CS(C)(=O)=O)nc1.Cc1cnc([C@H](O)CS(C)(=O)=O)nc1. The van der Waals surface area contributed by atoms with Gasteiger partial charge < -0.3 is 19.1 Å². The summed E-state index contributed by atoms with van der Waals surface area (Å²) in [7, 11) is -17.0. The monoisotopic (exact) mass is 1090 g/mol. The average Bonchev–Trinajstić information content (AvgIpc) is 3.16. The van der Waals surface area contributed by atoms with Gasteiger partial charge in [-0.25, -0.2) is 73.5 Å². The van der Waals surface area contributed by atoms with Crippen LogP contribution in [0.3, 0.4) is 0 Å². The summed E-state index contributed by atoms with van der Waals surface area (Å²) in [5.74, 6) is 0.269. The number of hydrogen-bond donors (Lipinski definition) is 2. The molecule has 26 heteroatoms. The van der Waals surface area contributed by atoms with Crippen LogP contribution < -0.4 is 0 Å². The Balaban J connectivity index is 0.000000475. The Bertz CT molecular complexity index is 2520. The van der Waals surface area contributed by atoms with E-state index in [2.05, 4.69) is 108 Å². The molecule has 2 unspecified atom stereocenters. The van der Waals surface area contributed by atoms with Crippen molar-refractivity contribution in [3.8, 4) is 0 Å². The number of aryl methyl sites for hydroxylation is 4. The largest absolute Gasteiger partial charge is 0.406 e. The molecule has 20 nitrogen and oxygen atoms in total. The first-order chi connectivity index (χ1) is 31.4. The summed E-state index contributed by atoms with van der Waals surface area (Å²) >= 11 is 0. The zero-order chi connectivity index (χ0) is 54.5. The Morgan fingerprint density at radius 3 is 0.771 bits per heavy atom. The van der Waals surface area contributed by atoms with Gasteiger partial charge in [-0.3, -0.25) is 0 Å². The van der Waals surface area contributed by atoms with Gasteiger partial charge in [0.1, 0.15) is 63.8 Å². The second-order valence-electron chi connectivity index (χ2n) is 20.6. The lowest BCUT2D eigenvalue weighted by Gasteiger charge is -2.38. The fourth-order valence-electron chi connectivity index (χ4n) is 4.95. The van der Waals surface area contributed by atoms with Crippen LogP contribution in [0.15, 0.2) is 49.6 Å². The van der Waals surface area contributed by atoms with E-state index < -0.39 is 80.4 Å². The van der Waals surface area contributed by atoms with Crippen molar-refractivity contribution in [3.63, 3.8) is 0 Å². The van der Waals surface area contributed by atoms with Gasteiger partial charge in [-0.1, -0.05) is 41.5 Å². The van der Waals surface area contributed by atoms with Gasteiger partial charge in [-0.15, -0.1) is 0 Å². The van der Waals surface area contributed by atoms with E-state index in [9.17, 15) is 43.9 Å². The second kappa shape index (κ2) is 25.9. The van der Waals surface area contributed by atoms with Crippen molar-refractivity contribution < 1.29 is 52.7 Å².